The van der Waals surface area contributed by atoms with Crippen molar-refractivity contribution in [2.45, 2.75) is 25.3 Å². The van der Waals surface area contributed by atoms with Crippen LogP contribution in [0.25, 0.3) is 11.0 Å². The molecule has 2 aromatic heterocycles. The van der Waals surface area contributed by atoms with Gasteiger partial charge in [-0.2, -0.15) is 0 Å². The molecule has 1 amide bonds. The largest absolute Gasteiger partial charge is 0.464 e. The predicted octanol–water partition coefficient (Wildman–Crippen LogP) is 2.45. The number of carbonyl (C=O) groups excluding carboxylic acids is 1. The van der Waals surface area contributed by atoms with Crippen molar-refractivity contribution >= 4 is 22.7 Å². The second-order valence-electron chi connectivity index (χ2n) is 8.09. The van der Waals surface area contributed by atoms with Crippen molar-refractivity contribution in [3.63, 3.8) is 0 Å². The normalized spacial score (nSPS) is 25.7. The molecule has 1 saturated carbocycles. The number of amides is 1. The number of rotatable bonds is 4. The van der Waals surface area contributed by atoms with E-state index < -0.39 is 0 Å². The molecule has 6 nitrogen and oxygen atoms in total. The van der Waals surface area contributed by atoms with Gasteiger partial charge in [-0.15, -0.1) is 0 Å². The maximum atomic E-state index is 12.4. The van der Waals surface area contributed by atoms with Crippen molar-refractivity contribution in [2.24, 2.45) is 11.8 Å². The number of anilines is 1. The number of nitrogens with zero attached hydrogens (tertiary/aromatic N) is 4. The van der Waals surface area contributed by atoms with E-state index in [9.17, 15) is 4.79 Å². The maximum absolute atomic E-state index is 12.4. The van der Waals surface area contributed by atoms with Gasteiger partial charge in [-0.1, -0.05) is 0 Å². The molecule has 3 heterocycles. The lowest BCUT2D eigenvalue weighted by Gasteiger charge is -2.35. The van der Waals surface area contributed by atoms with Gasteiger partial charge in [-0.25, -0.2) is 4.98 Å². The van der Waals surface area contributed by atoms with Crippen LogP contribution in [0.1, 0.15) is 19.3 Å². The third-order valence-corrected chi connectivity index (χ3v) is 6.09. The summed E-state index contributed by atoms with van der Waals surface area (Å²) in [6.45, 7) is 2.54. The molecule has 0 radical (unpaired) electrons. The van der Waals surface area contributed by atoms with E-state index in [2.05, 4.69) is 9.88 Å². The third-order valence-electron chi connectivity index (χ3n) is 6.09. The van der Waals surface area contributed by atoms with Crippen LogP contribution in [0.3, 0.4) is 0 Å². The van der Waals surface area contributed by atoms with Crippen molar-refractivity contribution in [2.75, 3.05) is 45.7 Å². The summed E-state index contributed by atoms with van der Waals surface area (Å²) in [5.41, 5.74) is 0.899. The van der Waals surface area contributed by atoms with E-state index in [1.807, 2.05) is 49.3 Å². The molecular weight excluding hydrogens is 328 g/mol. The summed E-state index contributed by atoms with van der Waals surface area (Å²) in [5.74, 6) is 2.61. The van der Waals surface area contributed by atoms with Crippen molar-refractivity contribution < 1.29 is 9.21 Å². The molecule has 1 aliphatic heterocycles. The molecule has 3 atom stereocenters. The highest BCUT2D eigenvalue weighted by Crippen LogP contribution is 2.41. The lowest BCUT2D eigenvalue weighted by atomic mass is 9.88. The Morgan fingerprint density at radius 2 is 2.08 bits per heavy atom. The van der Waals surface area contributed by atoms with Crippen molar-refractivity contribution in [1.82, 2.24) is 14.8 Å². The fraction of sp³-hybridized carbons (Fsp3) is 0.600. The summed E-state index contributed by atoms with van der Waals surface area (Å²) in [6, 6.07) is 4.30. The molecule has 0 aromatic carbocycles. The van der Waals surface area contributed by atoms with Gasteiger partial charge < -0.3 is 19.1 Å². The first-order valence-electron chi connectivity index (χ1n) is 9.50. The molecule has 4 rings (SSSR count). The van der Waals surface area contributed by atoms with Crippen LogP contribution < -0.4 is 4.90 Å². The highest BCUT2D eigenvalue weighted by Gasteiger charge is 2.41. The zero-order valence-electron chi connectivity index (χ0n) is 15.9. The van der Waals surface area contributed by atoms with Crippen LogP contribution in [0.5, 0.6) is 0 Å². The number of pyridine rings is 1. The molecule has 0 spiro atoms. The van der Waals surface area contributed by atoms with Crippen LogP contribution in [0.2, 0.25) is 0 Å². The lowest BCUT2D eigenvalue weighted by molar-refractivity contribution is -0.132. The first-order chi connectivity index (χ1) is 12.5. The summed E-state index contributed by atoms with van der Waals surface area (Å²) >= 11 is 0. The monoisotopic (exact) mass is 356 g/mol. The number of hydrogen-bond acceptors (Lipinski definition) is 5. The number of likely N-dealkylation sites (N-methyl/N-ethyl adjacent to an activating group) is 2. The van der Waals surface area contributed by atoms with Gasteiger partial charge in [-0.05, 0) is 57.3 Å². The SMILES string of the molecule is CN(C)CC(=O)N(C)[C@H]1C[C@H]2CCN(c3nccc4occc34)C[C@H]2C1. The van der Waals surface area contributed by atoms with Crippen LogP contribution in [-0.2, 0) is 4.79 Å². The Kier molecular flexibility index (Phi) is 4.61. The fourth-order valence-electron chi connectivity index (χ4n) is 4.68. The average molecular weight is 356 g/mol. The van der Waals surface area contributed by atoms with Gasteiger partial charge in [0, 0.05) is 32.4 Å². The Morgan fingerprint density at radius 1 is 1.27 bits per heavy atom. The van der Waals surface area contributed by atoms with Gasteiger partial charge in [0.05, 0.1) is 18.2 Å². The fourth-order valence-corrected chi connectivity index (χ4v) is 4.68. The van der Waals surface area contributed by atoms with E-state index in [1.54, 1.807) is 6.26 Å². The van der Waals surface area contributed by atoms with Gasteiger partial charge in [0.15, 0.2) is 0 Å². The molecule has 26 heavy (non-hydrogen) atoms. The highest BCUT2D eigenvalue weighted by atomic mass is 16.3. The van der Waals surface area contributed by atoms with E-state index in [4.69, 9.17) is 4.42 Å². The minimum Gasteiger partial charge on any atom is -0.464 e. The van der Waals surface area contributed by atoms with Crippen molar-refractivity contribution in [3.05, 3.63) is 24.6 Å². The molecule has 1 aliphatic carbocycles. The Morgan fingerprint density at radius 3 is 2.88 bits per heavy atom. The maximum Gasteiger partial charge on any atom is 0.236 e. The minimum atomic E-state index is 0.223. The van der Waals surface area contributed by atoms with Crippen LogP contribution in [0.15, 0.2) is 29.0 Å². The first-order valence-corrected chi connectivity index (χ1v) is 9.50. The van der Waals surface area contributed by atoms with E-state index in [0.29, 0.717) is 18.5 Å². The van der Waals surface area contributed by atoms with Gasteiger partial charge in [-0.3, -0.25) is 4.79 Å². The van der Waals surface area contributed by atoms with Crippen LogP contribution >= 0.6 is 0 Å². The van der Waals surface area contributed by atoms with Crippen LogP contribution in [-0.4, -0.2) is 67.5 Å². The van der Waals surface area contributed by atoms with E-state index >= 15 is 0 Å². The van der Waals surface area contributed by atoms with Crippen LogP contribution in [0, 0.1) is 11.8 Å². The third kappa shape index (κ3) is 3.18. The molecule has 0 bridgehead atoms. The predicted molar refractivity (Wildman–Crippen MR) is 102 cm³/mol. The molecule has 0 unspecified atom stereocenters. The van der Waals surface area contributed by atoms with Crippen molar-refractivity contribution in [3.8, 4) is 0 Å². The Balaban J connectivity index is 1.45. The van der Waals surface area contributed by atoms with Gasteiger partial charge in [0.2, 0.25) is 5.91 Å². The second-order valence-corrected chi connectivity index (χ2v) is 8.09. The summed E-state index contributed by atoms with van der Waals surface area (Å²) in [7, 11) is 5.86. The van der Waals surface area contributed by atoms with Gasteiger partial charge in [0.25, 0.3) is 0 Å². The van der Waals surface area contributed by atoms with Crippen LogP contribution in [0.4, 0.5) is 5.82 Å². The molecule has 0 N–H and O–H groups in total. The topological polar surface area (TPSA) is 52.8 Å². The lowest BCUT2D eigenvalue weighted by Crippen LogP contribution is -2.41. The smallest absolute Gasteiger partial charge is 0.236 e. The van der Waals surface area contributed by atoms with Gasteiger partial charge in [0.1, 0.15) is 11.4 Å². The number of piperidine rings is 1. The molecule has 2 aliphatic rings. The van der Waals surface area contributed by atoms with Crippen molar-refractivity contribution in [1.29, 1.82) is 0 Å². The summed E-state index contributed by atoms with van der Waals surface area (Å²) in [4.78, 5) is 23.4. The zero-order chi connectivity index (χ0) is 18.3. The number of fused-ring (bicyclic) bond motifs is 2. The number of hydrogen-bond donors (Lipinski definition) is 0. The summed E-state index contributed by atoms with van der Waals surface area (Å²) in [6.07, 6.45) is 6.97. The highest BCUT2D eigenvalue weighted by molar-refractivity contribution is 5.88. The number of aromatic nitrogens is 1. The molecule has 2 aromatic rings. The van der Waals surface area contributed by atoms with E-state index in [1.165, 1.54) is 6.42 Å². The molecule has 2 fully saturated rings. The quantitative estimate of drug-likeness (QED) is 0.842. The Bertz CT molecular complexity index is 787. The molecule has 140 valence electrons. The minimum absolute atomic E-state index is 0.223. The zero-order valence-corrected chi connectivity index (χ0v) is 15.9. The standard InChI is InChI=1S/C20H28N4O2/c1-22(2)13-19(25)23(3)16-10-14-5-8-24(12-15(14)11-16)20-17-6-9-26-18(17)4-7-21-20/h4,6-7,9,14-16H,5,8,10-13H2,1-3H3/t14-,15-,16+/m1/s1. The Hall–Kier alpha value is -2.08. The molecule has 6 heteroatoms. The molecule has 1 saturated heterocycles. The first kappa shape index (κ1) is 17.3. The van der Waals surface area contributed by atoms with E-state index in [-0.39, 0.29) is 5.91 Å². The second kappa shape index (κ2) is 6.91. The van der Waals surface area contributed by atoms with Gasteiger partial charge >= 0.3 is 0 Å². The summed E-state index contributed by atoms with van der Waals surface area (Å²) in [5, 5.41) is 1.10. The molecular formula is C20H28N4O2. The average Bonchev–Trinajstić information content (AvgIpc) is 3.25. The number of carbonyl (C=O) groups is 1. The number of furan rings is 1. The van der Waals surface area contributed by atoms with E-state index in [0.717, 1.165) is 48.6 Å². The summed E-state index contributed by atoms with van der Waals surface area (Å²) < 4.78 is 5.53. The Labute approximate surface area is 154 Å².